The van der Waals surface area contributed by atoms with Gasteiger partial charge in [-0.05, 0) is 48.7 Å². The van der Waals surface area contributed by atoms with Gasteiger partial charge in [0.05, 0.1) is 0 Å². The normalized spacial score (nSPS) is 17.4. The number of nitrogens with zero attached hydrogens (tertiary/aromatic N) is 2. The van der Waals surface area contributed by atoms with Crippen LogP contribution in [0.4, 0.5) is 5.69 Å². The highest BCUT2D eigenvalue weighted by Crippen LogP contribution is 2.37. The molecule has 33 heavy (non-hydrogen) atoms. The molecule has 2 aliphatic heterocycles. The summed E-state index contributed by atoms with van der Waals surface area (Å²) in [6.07, 6.45) is 7.56. The van der Waals surface area contributed by atoms with Crippen LogP contribution in [-0.2, 0) is 4.79 Å². The highest BCUT2D eigenvalue weighted by atomic mass is 35.5. The van der Waals surface area contributed by atoms with Crippen molar-refractivity contribution in [3.63, 3.8) is 0 Å². The first-order valence-electron chi connectivity index (χ1n) is 12.2. The van der Waals surface area contributed by atoms with E-state index in [9.17, 15) is 4.79 Å². The number of H-pyrrole nitrogens is 1. The van der Waals surface area contributed by atoms with Crippen molar-refractivity contribution in [1.29, 1.82) is 0 Å². The minimum absolute atomic E-state index is 0.431. The van der Waals surface area contributed by atoms with Gasteiger partial charge in [-0.1, -0.05) is 69.6 Å². The number of carbonyl (C=O) groups is 1. The lowest BCUT2D eigenvalue weighted by Crippen LogP contribution is -2.31. The van der Waals surface area contributed by atoms with Gasteiger partial charge in [-0.2, -0.15) is 0 Å². The molecule has 5 rings (SSSR count). The Morgan fingerprint density at radius 2 is 1.91 bits per heavy atom. The average Bonchev–Trinajstić information content (AvgIpc) is 3.46. The van der Waals surface area contributed by atoms with E-state index < -0.39 is 0 Å². The third-order valence-corrected chi connectivity index (χ3v) is 6.54. The molecule has 2 aliphatic rings. The molecule has 1 aromatic heterocycles. The predicted octanol–water partition coefficient (Wildman–Crippen LogP) is 7.11. The number of halogens is 1. The number of aromatic amines is 1. The van der Waals surface area contributed by atoms with E-state index in [1.54, 1.807) is 0 Å². The van der Waals surface area contributed by atoms with Crippen LogP contribution >= 0.6 is 11.6 Å². The number of hydrogen-bond donors (Lipinski definition) is 1. The van der Waals surface area contributed by atoms with Crippen LogP contribution < -0.4 is 4.90 Å². The molecule has 0 bridgehead atoms. The molecule has 0 saturated heterocycles. The Morgan fingerprint density at radius 3 is 2.64 bits per heavy atom. The van der Waals surface area contributed by atoms with Gasteiger partial charge in [0.1, 0.15) is 0 Å². The predicted molar refractivity (Wildman–Crippen MR) is 142 cm³/mol. The Kier molecular flexibility index (Phi) is 9.16. The van der Waals surface area contributed by atoms with Crippen molar-refractivity contribution in [1.82, 2.24) is 9.88 Å². The van der Waals surface area contributed by atoms with Crippen molar-refractivity contribution in [2.75, 3.05) is 31.1 Å². The van der Waals surface area contributed by atoms with E-state index in [2.05, 4.69) is 40.4 Å². The van der Waals surface area contributed by atoms with Gasteiger partial charge >= 0.3 is 0 Å². The fourth-order valence-corrected chi connectivity index (χ4v) is 4.91. The second kappa shape index (κ2) is 12.1. The summed E-state index contributed by atoms with van der Waals surface area (Å²) in [5.41, 5.74) is 6.18. The molecule has 0 aliphatic carbocycles. The number of nitrogens with one attached hydrogen (secondary N) is 1. The van der Waals surface area contributed by atoms with Gasteiger partial charge in [-0.15, -0.1) is 0 Å². The lowest BCUT2D eigenvalue weighted by molar-refractivity contribution is -0.107. The lowest BCUT2D eigenvalue weighted by atomic mass is 9.96. The molecular formula is C28H36ClN3O. The summed E-state index contributed by atoms with van der Waals surface area (Å²) in [7, 11) is 0. The summed E-state index contributed by atoms with van der Waals surface area (Å²) in [6, 6.07) is 14.3. The van der Waals surface area contributed by atoms with E-state index in [0.29, 0.717) is 5.92 Å². The summed E-state index contributed by atoms with van der Waals surface area (Å²) in [6.45, 7) is 11.9. The highest BCUT2D eigenvalue weighted by Gasteiger charge is 2.28. The number of para-hydroxylation sites is 1. The van der Waals surface area contributed by atoms with E-state index in [0.717, 1.165) is 61.7 Å². The summed E-state index contributed by atoms with van der Waals surface area (Å²) >= 11 is 6.11. The first-order chi connectivity index (χ1) is 16.2. The molecule has 1 unspecified atom stereocenters. The molecule has 4 nitrogen and oxygen atoms in total. The molecule has 5 heteroatoms. The molecular weight excluding hydrogens is 430 g/mol. The molecule has 0 radical (unpaired) electrons. The molecule has 176 valence electrons. The van der Waals surface area contributed by atoms with Gasteiger partial charge in [0, 0.05) is 58.9 Å². The van der Waals surface area contributed by atoms with E-state index in [1.807, 2.05) is 56.9 Å². The van der Waals surface area contributed by atoms with Gasteiger partial charge in [0.25, 0.3) is 0 Å². The maximum absolute atomic E-state index is 11.4. The fourth-order valence-electron chi connectivity index (χ4n) is 4.74. The maximum Gasteiger partial charge on any atom is 0.214 e. The van der Waals surface area contributed by atoms with Crippen molar-refractivity contribution in [2.24, 2.45) is 0 Å². The first-order valence-corrected chi connectivity index (χ1v) is 12.6. The third-order valence-electron chi connectivity index (χ3n) is 6.31. The van der Waals surface area contributed by atoms with Gasteiger partial charge in [0.2, 0.25) is 6.41 Å². The third kappa shape index (κ3) is 5.51. The number of anilines is 1. The number of hydrogen-bond acceptors (Lipinski definition) is 2. The Bertz CT molecular complexity index is 1090. The van der Waals surface area contributed by atoms with Gasteiger partial charge in [-0.3, -0.25) is 9.69 Å². The fraction of sp³-hybridized carbons (Fsp3) is 0.393. The van der Waals surface area contributed by atoms with E-state index in [1.165, 1.54) is 22.1 Å². The van der Waals surface area contributed by atoms with Crippen LogP contribution in [0.2, 0.25) is 5.02 Å². The van der Waals surface area contributed by atoms with Crippen molar-refractivity contribution >= 4 is 40.2 Å². The minimum Gasteiger partial charge on any atom is -0.361 e. The van der Waals surface area contributed by atoms with Crippen molar-refractivity contribution < 1.29 is 4.79 Å². The SMILES string of the molecule is CC.CC.O=CN1CC(CCN2CC=C(c3c[nH]c4cc(Cl)ccc34)CC2)c2ccccc21. The molecule has 1 amide bonds. The topological polar surface area (TPSA) is 39.3 Å². The summed E-state index contributed by atoms with van der Waals surface area (Å²) < 4.78 is 0. The molecule has 3 heterocycles. The minimum atomic E-state index is 0.431. The Labute approximate surface area is 203 Å². The van der Waals surface area contributed by atoms with E-state index >= 15 is 0 Å². The number of fused-ring (bicyclic) bond motifs is 2. The second-order valence-electron chi connectivity index (χ2n) is 7.97. The molecule has 1 atom stereocenters. The Balaban J connectivity index is 0.000000728. The number of aromatic nitrogens is 1. The Hall–Kier alpha value is -2.56. The molecule has 0 saturated carbocycles. The summed E-state index contributed by atoms with van der Waals surface area (Å²) in [4.78, 5) is 19.1. The van der Waals surface area contributed by atoms with Crippen LogP contribution in [0.1, 0.15) is 57.6 Å². The monoisotopic (exact) mass is 465 g/mol. The standard InChI is InChI=1S/C24H24ClN3O.2C2H6/c25-19-5-6-21-22(14-26-23(21)13-19)17-7-10-27(11-8-17)12-9-18-15-28(16-29)24-4-2-1-3-20(18)24;2*1-2/h1-7,13-14,16,18,26H,8-12,15H2;2*1-2H3. The summed E-state index contributed by atoms with van der Waals surface area (Å²) in [5.74, 6) is 0.431. The van der Waals surface area contributed by atoms with Gasteiger partial charge in [-0.25, -0.2) is 0 Å². The first kappa shape index (κ1) is 25.1. The molecule has 2 aromatic carbocycles. The van der Waals surface area contributed by atoms with Crippen LogP contribution in [0.3, 0.4) is 0 Å². The highest BCUT2D eigenvalue weighted by molar-refractivity contribution is 6.31. The number of carbonyl (C=O) groups excluding carboxylic acids is 1. The zero-order valence-corrected chi connectivity index (χ0v) is 21.0. The van der Waals surface area contributed by atoms with E-state index in [-0.39, 0.29) is 0 Å². The average molecular weight is 466 g/mol. The molecule has 3 aromatic rings. The number of rotatable bonds is 5. The van der Waals surface area contributed by atoms with Crippen molar-refractivity contribution in [2.45, 2.75) is 46.5 Å². The maximum atomic E-state index is 11.4. The Morgan fingerprint density at radius 1 is 1.12 bits per heavy atom. The van der Waals surface area contributed by atoms with Crippen molar-refractivity contribution in [3.05, 3.63) is 70.9 Å². The lowest BCUT2D eigenvalue weighted by Gasteiger charge is -2.27. The van der Waals surface area contributed by atoms with Crippen LogP contribution in [0.15, 0.2) is 54.7 Å². The number of amides is 1. The zero-order valence-electron chi connectivity index (χ0n) is 20.3. The van der Waals surface area contributed by atoms with Crippen LogP contribution in [0.25, 0.3) is 16.5 Å². The van der Waals surface area contributed by atoms with E-state index in [4.69, 9.17) is 11.6 Å². The van der Waals surface area contributed by atoms with Gasteiger partial charge in [0.15, 0.2) is 0 Å². The van der Waals surface area contributed by atoms with Crippen LogP contribution in [0, 0.1) is 0 Å². The van der Waals surface area contributed by atoms with Gasteiger partial charge < -0.3 is 9.88 Å². The second-order valence-corrected chi connectivity index (χ2v) is 8.41. The quantitative estimate of drug-likeness (QED) is 0.407. The summed E-state index contributed by atoms with van der Waals surface area (Å²) in [5, 5.41) is 2.00. The largest absolute Gasteiger partial charge is 0.361 e. The zero-order chi connectivity index (χ0) is 23.8. The van der Waals surface area contributed by atoms with Crippen LogP contribution in [0.5, 0.6) is 0 Å². The van der Waals surface area contributed by atoms with Crippen LogP contribution in [-0.4, -0.2) is 42.5 Å². The smallest absolute Gasteiger partial charge is 0.214 e. The molecule has 0 spiro atoms. The molecule has 1 N–H and O–H groups in total. The molecule has 0 fully saturated rings. The van der Waals surface area contributed by atoms with Crippen molar-refractivity contribution in [3.8, 4) is 0 Å². The number of benzene rings is 2.